The number of rotatable bonds is 2. The molecule has 2 aromatic rings. The zero-order chi connectivity index (χ0) is 15.5. The molecule has 0 spiro atoms. The van der Waals surface area contributed by atoms with Gasteiger partial charge in [-0.2, -0.15) is 0 Å². The minimum absolute atomic E-state index is 0.525. The molecule has 0 aliphatic rings. The van der Waals surface area contributed by atoms with Gasteiger partial charge >= 0.3 is 6.09 Å². The first-order valence-electron chi connectivity index (χ1n) is 6.59. The molecule has 0 aromatic carbocycles. The van der Waals surface area contributed by atoms with E-state index in [-0.39, 0.29) is 0 Å². The number of aryl methyl sites for hydroxylation is 1. The average molecular weight is 286 g/mol. The molecule has 2 rings (SSSR count). The highest BCUT2D eigenvalue weighted by molar-refractivity contribution is 5.85. The first kappa shape index (κ1) is 14.9. The molecule has 0 atom stereocenters. The molecule has 1 N–H and O–H groups in total. The second kappa shape index (κ2) is 5.87. The van der Waals surface area contributed by atoms with Crippen molar-refractivity contribution >= 4 is 11.8 Å². The van der Waals surface area contributed by atoms with Crippen molar-refractivity contribution in [2.45, 2.75) is 33.3 Å². The van der Waals surface area contributed by atoms with Crippen molar-refractivity contribution in [3.8, 4) is 11.4 Å². The van der Waals surface area contributed by atoms with Crippen LogP contribution in [0.5, 0.6) is 0 Å². The minimum Gasteiger partial charge on any atom is -0.444 e. The molecule has 1 amide bonds. The Balaban J connectivity index is 2.15. The largest absolute Gasteiger partial charge is 0.444 e. The quantitative estimate of drug-likeness (QED) is 0.917. The van der Waals surface area contributed by atoms with Gasteiger partial charge in [0, 0.05) is 18.0 Å². The van der Waals surface area contributed by atoms with Gasteiger partial charge in [0.2, 0.25) is 0 Å². The van der Waals surface area contributed by atoms with Gasteiger partial charge in [0.25, 0.3) is 0 Å². The number of pyridine rings is 1. The second-order valence-electron chi connectivity index (χ2n) is 5.56. The number of aromatic nitrogens is 3. The molecule has 0 aliphatic carbocycles. The first-order chi connectivity index (χ1) is 9.85. The van der Waals surface area contributed by atoms with E-state index in [2.05, 4.69) is 20.3 Å². The number of amides is 1. The summed E-state index contributed by atoms with van der Waals surface area (Å²) in [7, 11) is 0. The van der Waals surface area contributed by atoms with Gasteiger partial charge in [-0.25, -0.2) is 14.8 Å². The zero-order valence-electron chi connectivity index (χ0n) is 12.5. The summed E-state index contributed by atoms with van der Waals surface area (Å²) in [6.45, 7) is 7.22. The molecule has 0 bridgehead atoms. The van der Waals surface area contributed by atoms with E-state index in [4.69, 9.17) is 4.74 Å². The molecule has 0 unspecified atom stereocenters. The van der Waals surface area contributed by atoms with Crippen molar-refractivity contribution in [2.75, 3.05) is 5.32 Å². The number of anilines is 1. The lowest BCUT2D eigenvalue weighted by molar-refractivity contribution is 0.0635. The summed E-state index contributed by atoms with van der Waals surface area (Å²) in [5, 5.41) is 2.64. The van der Waals surface area contributed by atoms with Crippen molar-refractivity contribution in [2.24, 2.45) is 0 Å². The first-order valence-corrected chi connectivity index (χ1v) is 6.59. The number of hydrogen-bond donors (Lipinski definition) is 1. The van der Waals surface area contributed by atoms with Gasteiger partial charge < -0.3 is 4.74 Å². The smallest absolute Gasteiger partial charge is 0.412 e. The Kier molecular flexibility index (Phi) is 4.16. The van der Waals surface area contributed by atoms with Crippen LogP contribution in [0.4, 0.5) is 10.5 Å². The third-order valence-electron chi connectivity index (χ3n) is 2.53. The van der Waals surface area contributed by atoms with Crippen LogP contribution in [0, 0.1) is 6.92 Å². The number of hydrogen-bond acceptors (Lipinski definition) is 5. The molecule has 0 saturated heterocycles. The van der Waals surface area contributed by atoms with Crippen molar-refractivity contribution in [3.63, 3.8) is 0 Å². The Bertz CT molecular complexity index is 636. The van der Waals surface area contributed by atoms with E-state index in [9.17, 15) is 4.79 Å². The van der Waals surface area contributed by atoms with Crippen LogP contribution in [0.25, 0.3) is 11.4 Å². The minimum atomic E-state index is -0.547. The van der Waals surface area contributed by atoms with Gasteiger partial charge in [0.1, 0.15) is 5.60 Å². The third kappa shape index (κ3) is 4.24. The average Bonchev–Trinajstić information content (AvgIpc) is 2.40. The summed E-state index contributed by atoms with van der Waals surface area (Å²) >= 11 is 0. The van der Waals surface area contributed by atoms with E-state index < -0.39 is 11.7 Å². The molecule has 2 aromatic heterocycles. The molecule has 6 heteroatoms. The molecule has 2 heterocycles. The Morgan fingerprint density at radius 3 is 2.62 bits per heavy atom. The van der Waals surface area contributed by atoms with Crippen LogP contribution in [0.3, 0.4) is 0 Å². The van der Waals surface area contributed by atoms with Crippen LogP contribution in [-0.2, 0) is 4.74 Å². The van der Waals surface area contributed by atoms with Crippen molar-refractivity contribution in [3.05, 3.63) is 36.4 Å². The lowest BCUT2D eigenvalue weighted by atomic mass is 10.2. The maximum absolute atomic E-state index is 11.7. The van der Waals surface area contributed by atoms with E-state index >= 15 is 0 Å². The number of nitrogens with one attached hydrogen (secondary N) is 1. The highest BCUT2D eigenvalue weighted by Crippen LogP contribution is 2.18. The molecule has 0 aliphatic heterocycles. The van der Waals surface area contributed by atoms with Crippen molar-refractivity contribution < 1.29 is 9.53 Å². The van der Waals surface area contributed by atoms with Gasteiger partial charge in [-0.1, -0.05) is 0 Å². The normalized spacial score (nSPS) is 11.0. The molecule has 0 saturated carbocycles. The summed E-state index contributed by atoms with van der Waals surface area (Å²) in [5.74, 6) is 0.565. The Labute approximate surface area is 123 Å². The lowest BCUT2D eigenvalue weighted by Gasteiger charge is -2.20. The van der Waals surface area contributed by atoms with Gasteiger partial charge in [-0.3, -0.25) is 10.3 Å². The Hall–Kier alpha value is -2.50. The van der Waals surface area contributed by atoms with Crippen LogP contribution in [0.2, 0.25) is 0 Å². The van der Waals surface area contributed by atoms with E-state index in [1.54, 1.807) is 46.3 Å². The Morgan fingerprint density at radius 1 is 1.29 bits per heavy atom. The fraction of sp³-hybridized carbons (Fsp3) is 0.333. The molecule has 110 valence electrons. The molecule has 0 fully saturated rings. The van der Waals surface area contributed by atoms with Crippen LogP contribution < -0.4 is 5.32 Å². The van der Waals surface area contributed by atoms with E-state index in [1.165, 1.54) is 0 Å². The molecule has 6 nitrogen and oxygen atoms in total. The molecular formula is C15H18N4O2. The monoisotopic (exact) mass is 286 g/mol. The SMILES string of the molecule is Cc1nc(-c2cccnc2)ncc1NC(=O)OC(C)(C)C. The van der Waals surface area contributed by atoms with Gasteiger partial charge in [-0.05, 0) is 39.8 Å². The predicted octanol–water partition coefficient (Wildman–Crippen LogP) is 3.19. The number of carbonyl (C=O) groups is 1. The number of nitrogens with zero attached hydrogens (tertiary/aromatic N) is 3. The summed E-state index contributed by atoms with van der Waals surface area (Å²) in [4.78, 5) is 24.4. The molecular weight excluding hydrogens is 268 g/mol. The van der Waals surface area contributed by atoms with Crippen LogP contribution in [-0.4, -0.2) is 26.6 Å². The molecule has 21 heavy (non-hydrogen) atoms. The van der Waals surface area contributed by atoms with E-state index in [0.717, 1.165) is 5.56 Å². The fourth-order valence-electron chi connectivity index (χ4n) is 1.64. The number of ether oxygens (including phenoxy) is 1. The summed E-state index contributed by atoms with van der Waals surface area (Å²) in [6, 6.07) is 3.70. The van der Waals surface area contributed by atoms with E-state index in [1.807, 2.05) is 12.1 Å². The predicted molar refractivity (Wildman–Crippen MR) is 79.9 cm³/mol. The highest BCUT2D eigenvalue weighted by atomic mass is 16.6. The van der Waals surface area contributed by atoms with Gasteiger partial charge in [-0.15, -0.1) is 0 Å². The lowest BCUT2D eigenvalue weighted by Crippen LogP contribution is -2.27. The van der Waals surface area contributed by atoms with Crippen LogP contribution >= 0.6 is 0 Å². The number of carbonyl (C=O) groups excluding carboxylic acids is 1. The van der Waals surface area contributed by atoms with Gasteiger partial charge in [0.15, 0.2) is 5.82 Å². The maximum atomic E-state index is 11.7. The van der Waals surface area contributed by atoms with E-state index in [0.29, 0.717) is 17.2 Å². The van der Waals surface area contributed by atoms with Crippen LogP contribution in [0.1, 0.15) is 26.5 Å². The highest BCUT2D eigenvalue weighted by Gasteiger charge is 2.17. The van der Waals surface area contributed by atoms with Gasteiger partial charge in [0.05, 0.1) is 17.6 Å². The maximum Gasteiger partial charge on any atom is 0.412 e. The third-order valence-corrected chi connectivity index (χ3v) is 2.53. The zero-order valence-corrected chi connectivity index (χ0v) is 12.5. The standard InChI is InChI=1S/C15H18N4O2/c1-10-12(19-14(20)21-15(2,3)4)9-17-13(18-10)11-6-5-7-16-8-11/h5-9H,1-4H3,(H,19,20). The van der Waals surface area contributed by atoms with Crippen molar-refractivity contribution in [1.82, 2.24) is 15.0 Å². The summed E-state index contributed by atoms with van der Waals surface area (Å²) in [5.41, 5.74) is 1.46. The summed E-state index contributed by atoms with van der Waals surface area (Å²) < 4.78 is 5.20. The van der Waals surface area contributed by atoms with Crippen LogP contribution in [0.15, 0.2) is 30.7 Å². The summed E-state index contributed by atoms with van der Waals surface area (Å²) in [6.07, 6.45) is 4.42. The Morgan fingerprint density at radius 2 is 2.05 bits per heavy atom. The topological polar surface area (TPSA) is 77.0 Å². The second-order valence-corrected chi connectivity index (χ2v) is 5.56. The van der Waals surface area contributed by atoms with Crippen molar-refractivity contribution in [1.29, 1.82) is 0 Å². The molecule has 0 radical (unpaired) electrons. The fourth-order valence-corrected chi connectivity index (χ4v) is 1.64.